The van der Waals surface area contributed by atoms with Crippen molar-refractivity contribution in [2.75, 3.05) is 20.3 Å². The Labute approximate surface area is 220 Å². The monoisotopic (exact) mass is 522 g/mol. The predicted molar refractivity (Wildman–Crippen MR) is 146 cm³/mol. The third-order valence-electron chi connectivity index (χ3n) is 8.03. The SMILES string of the molecule is CCCCCC(=O)/C=C/[C@@H]1[C@@H](C/C=C\CCCC(=O)OC)[C@@H](O[Si](C)(C)C(C)(C)C)CC12OCCO2. The summed E-state index contributed by atoms with van der Waals surface area (Å²) in [5.74, 6) is -0.634. The van der Waals surface area contributed by atoms with Gasteiger partial charge in [0.05, 0.1) is 26.4 Å². The standard InChI is InChI=1S/C29H50O6Si/c1-8-9-12-15-23(30)18-19-25-24(16-13-10-11-14-17-27(31)32-5)26(22-29(25)33-20-21-34-29)35-36(6,7)28(2,3)4/h10,13,18-19,24-26H,8-9,11-12,14-17,20-22H2,1-7H3/b13-10-,19-18+/t24-,25-,26+/m1/s1. The maximum atomic E-state index is 12.6. The minimum absolute atomic E-state index is 0.00597. The van der Waals surface area contributed by atoms with Crippen LogP contribution in [0.2, 0.25) is 18.1 Å². The van der Waals surface area contributed by atoms with E-state index in [4.69, 9.17) is 18.6 Å². The van der Waals surface area contributed by atoms with Crippen LogP contribution in [0, 0.1) is 11.8 Å². The lowest BCUT2D eigenvalue weighted by Crippen LogP contribution is -2.45. The Balaban J connectivity index is 2.23. The molecule has 1 saturated heterocycles. The summed E-state index contributed by atoms with van der Waals surface area (Å²) in [7, 11) is -0.608. The van der Waals surface area contributed by atoms with Crippen LogP contribution in [0.25, 0.3) is 0 Å². The van der Waals surface area contributed by atoms with E-state index in [0.717, 1.165) is 38.5 Å². The second-order valence-electron chi connectivity index (χ2n) is 11.8. The Bertz CT molecular complexity index is 760. The Kier molecular flexibility index (Phi) is 12.1. The minimum atomic E-state index is -2.03. The number of hydrogen-bond donors (Lipinski definition) is 0. The van der Waals surface area contributed by atoms with E-state index in [2.05, 4.69) is 52.9 Å². The topological polar surface area (TPSA) is 71.1 Å². The number of esters is 1. The number of hydrogen-bond acceptors (Lipinski definition) is 6. The molecule has 36 heavy (non-hydrogen) atoms. The fraction of sp³-hybridized carbons (Fsp3) is 0.793. The van der Waals surface area contributed by atoms with Crippen LogP contribution < -0.4 is 0 Å². The minimum Gasteiger partial charge on any atom is -0.469 e. The van der Waals surface area contributed by atoms with Crippen LogP contribution >= 0.6 is 0 Å². The molecule has 1 saturated carbocycles. The van der Waals surface area contributed by atoms with E-state index in [9.17, 15) is 9.59 Å². The lowest BCUT2D eigenvalue weighted by atomic mass is 9.88. The van der Waals surface area contributed by atoms with E-state index in [0.29, 0.717) is 32.5 Å². The Hall–Kier alpha value is -1.28. The molecule has 0 aromatic carbocycles. The van der Waals surface area contributed by atoms with Gasteiger partial charge in [-0.25, -0.2) is 0 Å². The van der Waals surface area contributed by atoms with Gasteiger partial charge in [0.2, 0.25) is 0 Å². The molecule has 2 aliphatic rings. The van der Waals surface area contributed by atoms with Gasteiger partial charge >= 0.3 is 5.97 Å². The van der Waals surface area contributed by atoms with Crippen LogP contribution in [0.1, 0.15) is 85.5 Å². The number of rotatable bonds is 14. The van der Waals surface area contributed by atoms with Gasteiger partial charge in [-0.05, 0) is 55.8 Å². The van der Waals surface area contributed by atoms with Gasteiger partial charge in [-0.2, -0.15) is 0 Å². The molecular formula is C29H50O6Si. The average Bonchev–Trinajstić information content (AvgIpc) is 3.38. The Morgan fingerprint density at radius 3 is 2.36 bits per heavy atom. The molecule has 6 nitrogen and oxygen atoms in total. The quantitative estimate of drug-likeness (QED) is 0.0826. The van der Waals surface area contributed by atoms with Gasteiger partial charge in [-0.15, -0.1) is 0 Å². The van der Waals surface area contributed by atoms with Crippen LogP contribution in [-0.2, 0) is 28.2 Å². The van der Waals surface area contributed by atoms with E-state index in [1.165, 1.54) is 7.11 Å². The molecule has 0 aromatic rings. The van der Waals surface area contributed by atoms with Crippen molar-refractivity contribution in [2.24, 2.45) is 11.8 Å². The lowest BCUT2D eigenvalue weighted by molar-refractivity contribution is -0.176. The van der Waals surface area contributed by atoms with Crippen molar-refractivity contribution in [2.45, 2.75) is 116 Å². The zero-order valence-electron chi connectivity index (χ0n) is 23.8. The van der Waals surface area contributed by atoms with Crippen molar-refractivity contribution in [1.82, 2.24) is 0 Å². The molecule has 206 valence electrons. The van der Waals surface area contributed by atoms with Gasteiger partial charge < -0.3 is 18.6 Å². The maximum Gasteiger partial charge on any atom is 0.305 e. The summed E-state index contributed by atoms with van der Waals surface area (Å²) in [6, 6.07) is 0. The first-order valence-corrected chi connectivity index (χ1v) is 16.7. The number of methoxy groups -OCH3 is 1. The van der Waals surface area contributed by atoms with Crippen molar-refractivity contribution in [1.29, 1.82) is 0 Å². The Morgan fingerprint density at radius 1 is 1.06 bits per heavy atom. The number of allylic oxidation sites excluding steroid dienone is 3. The molecule has 1 aliphatic carbocycles. The van der Waals surface area contributed by atoms with Gasteiger partial charge in [0, 0.05) is 25.2 Å². The van der Waals surface area contributed by atoms with E-state index < -0.39 is 14.1 Å². The number of ether oxygens (including phenoxy) is 3. The summed E-state index contributed by atoms with van der Waals surface area (Å²) in [5, 5.41) is 0.0923. The molecule has 7 heteroatoms. The summed E-state index contributed by atoms with van der Waals surface area (Å²) < 4.78 is 24.2. The largest absolute Gasteiger partial charge is 0.469 e. The summed E-state index contributed by atoms with van der Waals surface area (Å²) >= 11 is 0. The second kappa shape index (κ2) is 14.0. The van der Waals surface area contributed by atoms with Crippen LogP contribution in [0.5, 0.6) is 0 Å². The molecule has 0 radical (unpaired) electrons. The fourth-order valence-electron chi connectivity index (χ4n) is 4.86. The smallest absolute Gasteiger partial charge is 0.305 e. The van der Waals surface area contributed by atoms with Crippen molar-refractivity contribution in [3.63, 3.8) is 0 Å². The highest BCUT2D eigenvalue weighted by Gasteiger charge is 2.58. The number of unbranched alkanes of at least 4 members (excludes halogenated alkanes) is 3. The van der Waals surface area contributed by atoms with Gasteiger partial charge in [0.1, 0.15) is 0 Å². The molecule has 1 spiro atoms. The van der Waals surface area contributed by atoms with Gasteiger partial charge in [-0.1, -0.05) is 58.8 Å². The summed E-state index contributed by atoms with van der Waals surface area (Å²) in [6.07, 6.45) is 15.3. The molecule has 0 unspecified atom stereocenters. The first-order valence-electron chi connectivity index (χ1n) is 13.8. The first kappa shape index (κ1) is 30.9. The first-order chi connectivity index (χ1) is 17.0. The number of ketones is 1. The van der Waals surface area contributed by atoms with Crippen molar-refractivity contribution < 1.29 is 28.2 Å². The molecule has 2 rings (SSSR count). The highest BCUT2D eigenvalue weighted by Crippen LogP contribution is 2.51. The average molecular weight is 523 g/mol. The van der Waals surface area contributed by atoms with Crippen LogP contribution in [0.15, 0.2) is 24.3 Å². The van der Waals surface area contributed by atoms with Crippen LogP contribution in [0.4, 0.5) is 0 Å². The van der Waals surface area contributed by atoms with Gasteiger partial charge in [-0.3, -0.25) is 9.59 Å². The predicted octanol–water partition coefficient (Wildman–Crippen LogP) is 6.75. The van der Waals surface area contributed by atoms with Crippen LogP contribution in [0.3, 0.4) is 0 Å². The highest BCUT2D eigenvalue weighted by molar-refractivity contribution is 6.74. The van der Waals surface area contributed by atoms with Crippen molar-refractivity contribution in [3.8, 4) is 0 Å². The van der Waals surface area contributed by atoms with E-state index in [1.807, 2.05) is 6.08 Å². The molecule has 0 aromatic heterocycles. The summed E-state index contributed by atoms with van der Waals surface area (Å²) in [4.78, 5) is 24.0. The summed E-state index contributed by atoms with van der Waals surface area (Å²) in [5.41, 5.74) is 0. The molecule has 3 atom stereocenters. The zero-order chi connectivity index (χ0) is 26.8. The molecule has 2 fully saturated rings. The highest BCUT2D eigenvalue weighted by atomic mass is 28.4. The third kappa shape index (κ3) is 8.64. The van der Waals surface area contributed by atoms with Crippen LogP contribution in [-0.4, -0.2) is 52.3 Å². The number of carbonyl (C=O) groups excluding carboxylic acids is 2. The third-order valence-corrected chi connectivity index (χ3v) is 12.5. The molecule has 1 aliphatic heterocycles. The lowest BCUT2D eigenvalue weighted by Gasteiger charge is -2.40. The fourth-order valence-corrected chi connectivity index (χ4v) is 6.23. The summed E-state index contributed by atoms with van der Waals surface area (Å²) in [6.45, 7) is 14.6. The maximum absolute atomic E-state index is 12.6. The van der Waals surface area contributed by atoms with E-state index >= 15 is 0 Å². The molecule has 1 heterocycles. The molecular weight excluding hydrogens is 472 g/mol. The Morgan fingerprint density at radius 2 is 1.75 bits per heavy atom. The van der Waals surface area contributed by atoms with E-state index in [1.54, 1.807) is 6.08 Å². The second-order valence-corrected chi connectivity index (χ2v) is 16.5. The van der Waals surface area contributed by atoms with Gasteiger partial charge in [0.25, 0.3) is 0 Å². The number of carbonyl (C=O) groups is 2. The van der Waals surface area contributed by atoms with Crippen molar-refractivity contribution >= 4 is 20.1 Å². The molecule has 0 bridgehead atoms. The zero-order valence-corrected chi connectivity index (χ0v) is 24.8. The molecule has 0 amide bonds. The van der Waals surface area contributed by atoms with Crippen molar-refractivity contribution in [3.05, 3.63) is 24.3 Å². The van der Waals surface area contributed by atoms with Gasteiger partial charge in [0.15, 0.2) is 19.9 Å². The molecule has 0 N–H and O–H groups in total. The van der Waals surface area contributed by atoms with E-state index in [-0.39, 0.29) is 34.7 Å². The normalized spacial score (nSPS) is 24.4.